The molecular weight excluding hydrogens is 522 g/mol. The zero-order chi connectivity index (χ0) is 30.4. The molecule has 226 valence electrons. The van der Waals surface area contributed by atoms with E-state index in [1.54, 1.807) is 0 Å². The van der Waals surface area contributed by atoms with Gasteiger partial charge < -0.3 is 4.90 Å². The van der Waals surface area contributed by atoms with Crippen molar-refractivity contribution in [1.29, 1.82) is 0 Å². The summed E-state index contributed by atoms with van der Waals surface area (Å²) >= 11 is 6.35. The number of aliphatic imine (C=N–C) groups is 1. The average molecular weight is 578 g/mol. The maximum absolute atomic E-state index is 6.35. The minimum absolute atomic E-state index is 0.0350. The molecule has 4 heteroatoms. The number of nitrogens with zero attached hydrogens (tertiary/aromatic N) is 3. The lowest BCUT2D eigenvalue weighted by atomic mass is 9.92. The van der Waals surface area contributed by atoms with E-state index in [-0.39, 0.29) is 12.1 Å². The van der Waals surface area contributed by atoms with Gasteiger partial charge in [-0.05, 0) is 94.8 Å². The van der Waals surface area contributed by atoms with Gasteiger partial charge in [0.15, 0.2) is 0 Å². The van der Waals surface area contributed by atoms with Crippen molar-refractivity contribution in [1.82, 2.24) is 9.80 Å². The molecule has 3 atom stereocenters. The number of halogens is 1. The molecule has 0 spiro atoms. The first-order valence-electron chi connectivity index (χ1n) is 16.0. The molecule has 0 amide bonds. The summed E-state index contributed by atoms with van der Waals surface area (Å²) in [6, 6.07) is 9.02. The Bertz CT molecular complexity index is 1120. The molecule has 0 aromatic heterocycles. The minimum atomic E-state index is 0.0350. The van der Waals surface area contributed by atoms with Gasteiger partial charge in [0.25, 0.3) is 0 Å². The van der Waals surface area contributed by atoms with Crippen LogP contribution in [0.3, 0.4) is 0 Å². The lowest BCUT2D eigenvalue weighted by Crippen LogP contribution is -2.49. The van der Waals surface area contributed by atoms with Crippen molar-refractivity contribution >= 4 is 17.4 Å². The second kappa shape index (κ2) is 18.2. The SMILES string of the molecule is C/C=C\C(=C/C)C(CCC)N(CC)CC1C(c2ccc(Cl)cc2)N=C(C(/C(=C\C)CC)=C(/C=C\C)CCC)N1CC. The number of likely N-dealkylation sites (N-methyl/N-ethyl adjacent to an activating group) is 2. The van der Waals surface area contributed by atoms with E-state index in [0.29, 0.717) is 6.04 Å². The smallest absolute Gasteiger partial charge is 0.132 e. The van der Waals surface area contributed by atoms with Crippen molar-refractivity contribution in [2.24, 2.45) is 4.99 Å². The van der Waals surface area contributed by atoms with Crippen molar-refractivity contribution in [3.05, 3.63) is 93.6 Å². The molecule has 0 aliphatic carbocycles. The Morgan fingerprint density at radius 1 is 0.951 bits per heavy atom. The molecule has 0 N–H and O–H groups in total. The van der Waals surface area contributed by atoms with Gasteiger partial charge in [-0.15, -0.1) is 0 Å². The summed E-state index contributed by atoms with van der Waals surface area (Å²) in [5.74, 6) is 1.15. The standard InChI is InChI=1S/C37H56ClN3/c1-10-19-29(16-7)33(22-13-4)40(17-8)27-34-36(31-23-25-32(38)26-24-31)39-37(41(34)18-9)35(28(14-5)15-6)30(20-11-2)21-12-3/h10-11,14,16,19-20,23-26,33-34,36H,12-13,15,17-18,21-22,27H2,1-9H3/b19-10-,20-11-,28-14-,29-16+,35-30-. The first-order valence-corrected chi connectivity index (χ1v) is 16.4. The van der Waals surface area contributed by atoms with E-state index in [0.717, 1.165) is 62.6 Å². The van der Waals surface area contributed by atoms with Gasteiger partial charge in [0.2, 0.25) is 0 Å². The number of allylic oxidation sites excluding steroid dienone is 6. The summed E-state index contributed by atoms with van der Waals surface area (Å²) in [5.41, 5.74) is 6.73. The molecule has 1 aromatic rings. The molecule has 0 bridgehead atoms. The van der Waals surface area contributed by atoms with Crippen molar-refractivity contribution in [2.75, 3.05) is 19.6 Å². The van der Waals surface area contributed by atoms with Crippen molar-refractivity contribution < 1.29 is 0 Å². The van der Waals surface area contributed by atoms with Crippen LogP contribution in [0.2, 0.25) is 5.02 Å². The van der Waals surface area contributed by atoms with Crippen LogP contribution in [-0.4, -0.2) is 47.4 Å². The highest BCUT2D eigenvalue weighted by Gasteiger charge is 2.40. The number of amidine groups is 1. The fraction of sp³-hybridized carbons (Fsp3) is 0.541. The summed E-state index contributed by atoms with van der Waals surface area (Å²) in [7, 11) is 0. The number of rotatable bonds is 16. The molecule has 0 saturated heterocycles. The van der Waals surface area contributed by atoms with Gasteiger partial charge in [-0.3, -0.25) is 9.89 Å². The van der Waals surface area contributed by atoms with Crippen LogP contribution in [0, 0.1) is 0 Å². The van der Waals surface area contributed by atoms with Gasteiger partial charge in [0, 0.05) is 29.7 Å². The Hall–Kier alpha value is -2.36. The maximum atomic E-state index is 6.35. The first kappa shape index (κ1) is 34.8. The Morgan fingerprint density at radius 2 is 1.63 bits per heavy atom. The average Bonchev–Trinajstić information content (AvgIpc) is 3.34. The molecule has 1 aliphatic rings. The van der Waals surface area contributed by atoms with E-state index in [1.807, 2.05) is 12.1 Å². The van der Waals surface area contributed by atoms with Gasteiger partial charge in [-0.2, -0.15) is 0 Å². The van der Waals surface area contributed by atoms with E-state index >= 15 is 0 Å². The van der Waals surface area contributed by atoms with Crippen LogP contribution in [-0.2, 0) is 0 Å². The highest BCUT2D eigenvalue weighted by Crippen LogP contribution is 2.38. The molecule has 1 heterocycles. The van der Waals surface area contributed by atoms with Crippen molar-refractivity contribution in [2.45, 2.75) is 113 Å². The Kier molecular flexibility index (Phi) is 15.5. The van der Waals surface area contributed by atoms with Crippen LogP contribution in [0.1, 0.15) is 106 Å². The largest absolute Gasteiger partial charge is 0.350 e. The van der Waals surface area contributed by atoms with Crippen molar-refractivity contribution in [3.63, 3.8) is 0 Å². The van der Waals surface area contributed by atoms with Crippen LogP contribution in [0.5, 0.6) is 0 Å². The Labute approximate surface area is 257 Å². The maximum Gasteiger partial charge on any atom is 0.132 e. The predicted molar refractivity (Wildman–Crippen MR) is 183 cm³/mol. The van der Waals surface area contributed by atoms with Gasteiger partial charge in [-0.1, -0.05) is 101 Å². The van der Waals surface area contributed by atoms with Gasteiger partial charge in [0.05, 0.1) is 12.1 Å². The van der Waals surface area contributed by atoms with E-state index < -0.39 is 0 Å². The quantitative estimate of drug-likeness (QED) is 0.182. The lowest BCUT2D eigenvalue weighted by Gasteiger charge is -2.39. The van der Waals surface area contributed by atoms with E-state index in [9.17, 15) is 0 Å². The van der Waals surface area contributed by atoms with Crippen LogP contribution in [0.15, 0.2) is 88.0 Å². The fourth-order valence-corrected chi connectivity index (χ4v) is 6.42. The molecule has 1 aliphatic heterocycles. The molecule has 2 rings (SSSR count). The third kappa shape index (κ3) is 8.82. The fourth-order valence-electron chi connectivity index (χ4n) is 6.29. The lowest BCUT2D eigenvalue weighted by molar-refractivity contribution is 0.161. The zero-order valence-corrected chi connectivity index (χ0v) is 28.1. The summed E-state index contributed by atoms with van der Waals surface area (Å²) in [4.78, 5) is 10.9. The summed E-state index contributed by atoms with van der Waals surface area (Å²) in [5, 5.41) is 0.767. The number of benzene rings is 1. The zero-order valence-electron chi connectivity index (χ0n) is 27.4. The highest BCUT2D eigenvalue weighted by atomic mass is 35.5. The summed E-state index contributed by atoms with van der Waals surface area (Å²) < 4.78 is 0. The topological polar surface area (TPSA) is 18.8 Å². The second-order valence-electron chi connectivity index (χ2n) is 10.8. The third-order valence-corrected chi connectivity index (χ3v) is 8.49. The second-order valence-corrected chi connectivity index (χ2v) is 11.2. The molecule has 0 radical (unpaired) electrons. The van der Waals surface area contributed by atoms with Crippen LogP contribution < -0.4 is 0 Å². The Morgan fingerprint density at radius 3 is 2.12 bits per heavy atom. The predicted octanol–water partition coefficient (Wildman–Crippen LogP) is 10.5. The van der Waals surface area contributed by atoms with E-state index in [4.69, 9.17) is 16.6 Å². The van der Waals surface area contributed by atoms with Gasteiger partial charge in [-0.25, -0.2) is 0 Å². The third-order valence-electron chi connectivity index (χ3n) is 8.24. The first-order chi connectivity index (χ1) is 19.9. The van der Waals surface area contributed by atoms with Gasteiger partial charge >= 0.3 is 0 Å². The molecule has 3 nitrogen and oxygen atoms in total. The van der Waals surface area contributed by atoms with Crippen LogP contribution >= 0.6 is 11.6 Å². The van der Waals surface area contributed by atoms with Crippen molar-refractivity contribution in [3.8, 4) is 0 Å². The normalized spacial score (nSPS) is 20.0. The summed E-state index contributed by atoms with van der Waals surface area (Å²) in [6.07, 6.45) is 19.0. The number of hydrogen-bond donors (Lipinski definition) is 0. The molecule has 1 aromatic carbocycles. The molecule has 3 unspecified atom stereocenters. The Balaban J connectivity index is 2.78. The molecular formula is C37H56ClN3. The van der Waals surface area contributed by atoms with E-state index in [2.05, 4.69) is 121 Å². The molecule has 0 fully saturated rings. The highest BCUT2D eigenvalue weighted by molar-refractivity contribution is 6.30. The van der Waals surface area contributed by atoms with Crippen LogP contribution in [0.25, 0.3) is 0 Å². The van der Waals surface area contributed by atoms with Crippen LogP contribution in [0.4, 0.5) is 0 Å². The van der Waals surface area contributed by atoms with E-state index in [1.165, 1.54) is 27.9 Å². The molecule has 0 saturated carbocycles. The summed E-state index contributed by atoms with van der Waals surface area (Å²) in [6.45, 7) is 22.9. The van der Waals surface area contributed by atoms with Gasteiger partial charge in [0.1, 0.15) is 5.84 Å². The minimum Gasteiger partial charge on any atom is -0.350 e. The monoisotopic (exact) mass is 577 g/mol. The number of hydrogen-bond acceptors (Lipinski definition) is 3. The molecule has 41 heavy (non-hydrogen) atoms.